The lowest BCUT2D eigenvalue weighted by atomic mass is 10.1. The number of ether oxygens (including phenoxy) is 1. The van der Waals surface area contributed by atoms with Crippen LogP contribution in [0.3, 0.4) is 0 Å². The summed E-state index contributed by atoms with van der Waals surface area (Å²) in [5.74, 6) is 2.67. The first-order valence-corrected chi connectivity index (χ1v) is 9.24. The van der Waals surface area contributed by atoms with Crippen molar-refractivity contribution in [2.75, 3.05) is 11.9 Å². The number of hydrogen-bond donors (Lipinski definition) is 1. The van der Waals surface area contributed by atoms with Gasteiger partial charge in [-0.2, -0.15) is 5.26 Å². The van der Waals surface area contributed by atoms with Crippen LogP contribution in [0.2, 0.25) is 0 Å². The Balaban J connectivity index is 2.26. The van der Waals surface area contributed by atoms with E-state index in [4.69, 9.17) is 11.2 Å². The summed E-state index contributed by atoms with van der Waals surface area (Å²) < 4.78 is 7.22. The Bertz CT molecular complexity index is 871. The predicted octanol–water partition coefficient (Wildman–Crippen LogP) is 4.45. The lowest BCUT2D eigenvalue weighted by Crippen LogP contribution is -2.13. The van der Waals surface area contributed by atoms with Crippen LogP contribution in [0.25, 0.3) is 6.08 Å². The first-order valence-electron chi connectivity index (χ1n) is 7.08. The van der Waals surface area contributed by atoms with Gasteiger partial charge in [0.1, 0.15) is 24.0 Å². The summed E-state index contributed by atoms with van der Waals surface area (Å²) in [6.07, 6.45) is 6.77. The number of terminal acetylenes is 1. The molecule has 2 aromatic rings. The molecular formula is C19H12I2N2O2. The van der Waals surface area contributed by atoms with Crippen LogP contribution in [-0.4, -0.2) is 12.5 Å². The van der Waals surface area contributed by atoms with Gasteiger partial charge in [-0.3, -0.25) is 4.79 Å². The van der Waals surface area contributed by atoms with Crippen molar-refractivity contribution in [3.63, 3.8) is 0 Å². The first kappa shape index (κ1) is 19.3. The van der Waals surface area contributed by atoms with Gasteiger partial charge in [-0.15, -0.1) is 6.42 Å². The van der Waals surface area contributed by atoms with Crippen molar-refractivity contribution >= 4 is 62.9 Å². The van der Waals surface area contributed by atoms with E-state index in [2.05, 4.69) is 56.4 Å². The lowest BCUT2D eigenvalue weighted by molar-refractivity contribution is -0.112. The molecule has 0 aromatic heterocycles. The summed E-state index contributed by atoms with van der Waals surface area (Å²) in [4.78, 5) is 12.3. The molecule has 2 aromatic carbocycles. The van der Waals surface area contributed by atoms with Crippen molar-refractivity contribution in [2.24, 2.45) is 0 Å². The van der Waals surface area contributed by atoms with Gasteiger partial charge < -0.3 is 10.1 Å². The third kappa shape index (κ3) is 5.48. The molecule has 1 N–H and O–H groups in total. The number of amides is 1. The third-order valence-electron chi connectivity index (χ3n) is 3.03. The van der Waals surface area contributed by atoms with Crippen molar-refractivity contribution in [1.82, 2.24) is 0 Å². The molecule has 0 heterocycles. The number of halogens is 2. The molecule has 0 unspecified atom stereocenters. The lowest BCUT2D eigenvalue weighted by Gasteiger charge is -2.09. The summed E-state index contributed by atoms with van der Waals surface area (Å²) in [7, 11) is 0. The van der Waals surface area contributed by atoms with Gasteiger partial charge >= 0.3 is 0 Å². The van der Waals surface area contributed by atoms with E-state index >= 15 is 0 Å². The Kier molecular flexibility index (Phi) is 7.29. The van der Waals surface area contributed by atoms with E-state index < -0.39 is 5.91 Å². The molecule has 0 aliphatic rings. The van der Waals surface area contributed by atoms with E-state index in [1.807, 2.05) is 36.4 Å². The van der Waals surface area contributed by atoms with Crippen LogP contribution in [0.5, 0.6) is 5.75 Å². The number of rotatable bonds is 5. The quantitative estimate of drug-likeness (QED) is 0.257. The normalized spacial score (nSPS) is 10.5. The molecule has 2 rings (SSSR count). The zero-order valence-corrected chi connectivity index (χ0v) is 17.2. The summed E-state index contributed by atoms with van der Waals surface area (Å²) in [6, 6.07) is 14.6. The number of nitrogens with one attached hydrogen (secondary N) is 1. The van der Waals surface area contributed by atoms with Crippen molar-refractivity contribution < 1.29 is 9.53 Å². The molecule has 0 aliphatic heterocycles. The fraction of sp³-hybridized carbons (Fsp3) is 0.0526. The molecule has 0 radical (unpaired) electrons. The summed E-state index contributed by atoms with van der Waals surface area (Å²) in [6.45, 7) is 0.185. The molecule has 0 spiro atoms. The molecule has 0 saturated heterocycles. The van der Waals surface area contributed by atoms with E-state index in [0.717, 1.165) is 12.7 Å². The average Bonchev–Trinajstić information content (AvgIpc) is 2.59. The fourth-order valence-electron chi connectivity index (χ4n) is 1.95. The Morgan fingerprint density at radius 3 is 2.44 bits per heavy atom. The molecule has 0 aliphatic carbocycles. The van der Waals surface area contributed by atoms with E-state index in [-0.39, 0.29) is 12.2 Å². The van der Waals surface area contributed by atoms with E-state index in [1.165, 1.54) is 0 Å². The van der Waals surface area contributed by atoms with E-state index in [0.29, 0.717) is 11.4 Å². The van der Waals surface area contributed by atoms with Crippen molar-refractivity contribution in [3.8, 4) is 24.2 Å². The van der Waals surface area contributed by atoms with Crippen LogP contribution < -0.4 is 10.1 Å². The molecule has 1 amide bonds. The van der Waals surface area contributed by atoms with Gasteiger partial charge in [0.2, 0.25) is 0 Å². The number of nitrogens with zero attached hydrogens (tertiary/aromatic N) is 1. The van der Waals surface area contributed by atoms with Gasteiger partial charge in [-0.05, 0) is 81.1 Å². The number of hydrogen-bond acceptors (Lipinski definition) is 3. The Hall–Kier alpha value is -2.04. The molecule has 6 heteroatoms. The van der Waals surface area contributed by atoms with Crippen molar-refractivity contribution in [2.45, 2.75) is 0 Å². The highest BCUT2D eigenvalue weighted by molar-refractivity contribution is 14.1. The van der Waals surface area contributed by atoms with Gasteiger partial charge in [0.05, 0.1) is 7.14 Å². The van der Waals surface area contributed by atoms with Gasteiger partial charge in [-0.1, -0.05) is 24.1 Å². The Morgan fingerprint density at radius 2 is 1.88 bits per heavy atom. The molecule has 0 saturated carbocycles. The second kappa shape index (κ2) is 9.44. The van der Waals surface area contributed by atoms with E-state index in [1.54, 1.807) is 18.2 Å². The van der Waals surface area contributed by atoms with Crippen molar-refractivity contribution in [3.05, 3.63) is 60.7 Å². The van der Waals surface area contributed by atoms with E-state index in [9.17, 15) is 10.1 Å². The molecule has 124 valence electrons. The van der Waals surface area contributed by atoms with Crippen LogP contribution in [0.4, 0.5) is 5.69 Å². The smallest absolute Gasteiger partial charge is 0.266 e. The fourth-order valence-corrected chi connectivity index (χ4v) is 4.08. The first-order chi connectivity index (χ1) is 12.0. The minimum absolute atomic E-state index is 0.0211. The number of para-hydroxylation sites is 1. The van der Waals surface area contributed by atoms with Crippen LogP contribution >= 0.6 is 45.2 Å². The highest BCUT2D eigenvalue weighted by Gasteiger charge is 2.12. The minimum atomic E-state index is -0.452. The van der Waals surface area contributed by atoms with Crippen molar-refractivity contribution in [1.29, 1.82) is 5.26 Å². The monoisotopic (exact) mass is 554 g/mol. The third-order valence-corrected chi connectivity index (χ3v) is 4.63. The number of carbonyl (C=O) groups is 1. The standard InChI is InChI=1S/C19H12I2N2O2/c1-2-8-25-18-16(20)10-13(11-17(18)21)9-14(12-22)19(24)23-15-6-4-3-5-7-15/h1,3-7,9-11H,8H2,(H,23,24)/b14-9-. The maximum absolute atomic E-state index is 12.3. The largest absolute Gasteiger partial charge is 0.479 e. The van der Waals surface area contributed by atoms with Gasteiger partial charge in [0, 0.05) is 5.69 Å². The molecule has 0 atom stereocenters. The topological polar surface area (TPSA) is 62.1 Å². The second-order valence-electron chi connectivity index (χ2n) is 4.80. The summed E-state index contributed by atoms with van der Waals surface area (Å²) in [5, 5.41) is 12.0. The highest BCUT2D eigenvalue weighted by atomic mass is 127. The number of nitriles is 1. The maximum Gasteiger partial charge on any atom is 0.266 e. The second-order valence-corrected chi connectivity index (χ2v) is 7.12. The molecular weight excluding hydrogens is 542 g/mol. The van der Waals surface area contributed by atoms with Gasteiger partial charge in [0.15, 0.2) is 0 Å². The predicted molar refractivity (Wildman–Crippen MR) is 115 cm³/mol. The van der Waals surface area contributed by atoms with Crippen LogP contribution in [-0.2, 0) is 4.79 Å². The minimum Gasteiger partial charge on any atom is -0.479 e. The average molecular weight is 554 g/mol. The Labute approximate surface area is 173 Å². The molecule has 4 nitrogen and oxygen atoms in total. The Morgan fingerprint density at radius 1 is 1.24 bits per heavy atom. The maximum atomic E-state index is 12.3. The SMILES string of the molecule is C#CCOc1c(I)cc(/C=C(/C#N)C(=O)Nc2ccccc2)cc1I. The molecule has 0 fully saturated rings. The van der Waals surface area contributed by atoms with Gasteiger partial charge in [-0.25, -0.2) is 0 Å². The zero-order chi connectivity index (χ0) is 18.2. The number of anilines is 1. The number of carbonyl (C=O) groups excluding carboxylic acids is 1. The zero-order valence-electron chi connectivity index (χ0n) is 12.9. The van der Waals surface area contributed by atoms with Gasteiger partial charge in [0.25, 0.3) is 5.91 Å². The number of benzene rings is 2. The molecule has 0 bridgehead atoms. The summed E-state index contributed by atoms with van der Waals surface area (Å²) in [5.41, 5.74) is 1.39. The van der Waals surface area contributed by atoms with Crippen LogP contribution in [0, 0.1) is 30.8 Å². The van der Waals surface area contributed by atoms with Crippen LogP contribution in [0.15, 0.2) is 48.0 Å². The summed E-state index contributed by atoms with van der Waals surface area (Å²) >= 11 is 4.27. The van der Waals surface area contributed by atoms with Crippen LogP contribution in [0.1, 0.15) is 5.56 Å². The molecule has 25 heavy (non-hydrogen) atoms. The highest BCUT2D eigenvalue weighted by Crippen LogP contribution is 2.29.